The van der Waals surface area contributed by atoms with Gasteiger partial charge in [0.25, 0.3) is 0 Å². The van der Waals surface area contributed by atoms with Gasteiger partial charge in [0.15, 0.2) is 0 Å². The highest BCUT2D eigenvalue weighted by Crippen LogP contribution is 2.15. The van der Waals surface area contributed by atoms with E-state index in [1.807, 2.05) is 43.3 Å². The van der Waals surface area contributed by atoms with Crippen LogP contribution >= 0.6 is 0 Å². The van der Waals surface area contributed by atoms with Gasteiger partial charge in [0.05, 0.1) is 6.61 Å². The Labute approximate surface area is 138 Å². The minimum atomic E-state index is -0.301. The lowest BCUT2D eigenvalue weighted by atomic mass is 10.0. The van der Waals surface area contributed by atoms with Gasteiger partial charge in [-0.2, -0.15) is 0 Å². The highest BCUT2D eigenvalue weighted by molar-refractivity contribution is 5.75. The minimum absolute atomic E-state index is 0.0985. The molecule has 3 heteroatoms. The average molecular weight is 311 g/mol. The van der Waals surface area contributed by atoms with Crippen molar-refractivity contribution in [3.8, 4) is 0 Å². The predicted octanol–water partition coefficient (Wildman–Crippen LogP) is 3.90. The van der Waals surface area contributed by atoms with Crippen LogP contribution in [0.5, 0.6) is 0 Å². The summed E-state index contributed by atoms with van der Waals surface area (Å²) in [5.74, 6) is -0.175. The lowest BCUT2D eigenvalue weighted by molar-refractivity contribution is -0.146. The molecule has 0 aromatic heterocycles. The smallest absolute Gasteiger partial charge is 0.323 e. The third-order valence-corrected chi connectivity index (χ3v) is 3.89. The van der Waals surface area contributed by atoms with Crippen molar-refractivity contribution in [2.45, 2.75) is 38.8 Å². The standard InChI is InChI=1S/C20H25NO2/c1-3-23-20(22)19(15-14-17-10-6-4-7-11-17)21-16(2)18-12-8-5-9-13-18/h4-13,16,19,21H,3,14-15H2,1-2H3/t16-,19?/m0/s1. The van der Waals surface area contributed by atoms with Crippen LogP contribution in [0.2, 0.25) is 0 Å². The summed E-state index contributed by atoms with van der Waals surface area (Å²) in [5.41, 5.74) is 2.40. The summed E-state index contributed by atoms with van der Waals surface area (Å²) in [4.78, 5) is 12.2. The number of esters is 1. The molecule has 1 N–H and O–H groups in total. The third kappa shape index (κ3) is 5.53. The molecule has 122 valence electrons. The van der Waals surface area contributed by atoms with Gasteiger partial charge in [-0.1, -0.05) is 60.7 Å². The van der Waals surface area contributed by atoms with Crippen molar-refractivity contribution in [3.63, 3.8) is 0 Å². The van der Waals surface area contributed by atoms with Gasteiger partial charge in [-0.05, 0) is 37.8 Å². The summed E-state index contributed by atoms with van der Waals surface area (Å²) in [5, 5.41) is 3.41. The molecule has 0 spiro atoms. The Kier molecular flexibility index (Phi) is 6.82. The molecule has 0 aliphatic heterocycles. The molecule has 0 bridgehead atoms. The van der Waals surface area contributed by atoms with Gasteiger partial charge >= 0.3 is 5.97 Å². The highest BCUT2D eigenvalue weighted by Gasteiger charge is 2.22. The Morgan fingerprint density at radius 2 is 1.65 bits per heavy atom. The number of hydrogen-bond donors (Lipinski definition) is 1. The summed E-state index contributed by atoms with van der Waals surface area (Å²) in [6.07, 6.45) is 1.57. The van der Waals surface area contributed by atoms with Crippen molar-refractivity contribution in [1.29, 1.82) is 0 Å². The molecule has 0 fully saturated rings. The Morgan fingerprint density at radius 1 is 1.04 bits per heavy atom. The molecule has 2 aromatic carbocycles. The summed E-state index contributed by atoms with van der Waals surface area (Å²) in [6.45, 7) is 4.32. The zero-order chi connectivity index (χ0) is 16.5. The first-order valence-electron chi connectivity index (χ1n) is 8.22. The summed E-state index contributed by atoms with van der Waals surface area (Å²) < 4.78 is 5.23. The summed E-state index contributed by atoms with van der Waals surface area (Å²) in [6, 6.07) is 20.2. The Hall–Kier alpha value is -2.13. The number of nitrogens with one attached hydrogen (secondary N) is 1. The molecule has 0 saturated heterocycles. The third-order valence-electron chi connectivity index (χ3n) is 3.89. The molecule has 2 atom stereocenters. The number of ether oxygens (including phenoxy) is 1. The van der Waals surface area contributed by atoms with E-state index >= 15 is 0 Å². The normalized spacial score (nSPS) is 13.3. The molecular formula is C20H25NO2. The molecule has 0 heterocycles. The van der Waals surface area contributed by atoms with E-state index in [1.54, 1.807) is 0 Å². The maximum Gasteiger partial charge on any atom is 0.323 e. The fourth-order valence-corrected chi connectivity index (χ4v) is 2.61. The van der Waals surface area contributed by atoms with Crippen LogP contribution in [0.1, 0.15) is 37.4 Å². The van der Waals surface area contributed by atoms with Crippen LogP contribution in [0.15, 0.2) is 60.7 Å². The van der Waals surface area contributed by atoms with Crippen LogP contribution in [-0.2, 0) is 16.0 Å². The second kappa shape index (κ2) is 9.11. The van der Waals surface area contributed by atoms with Crippen molar-refractivity contribution in [3.05, 3.63) is 71.8 Å². The molecule has 0 radical (unpaired) electrons. The van der Waals surface area contributed by atoms with E-state index in [4.69, 9.17) is 4.74 Å². The van der Waals surface area contributed by atoms with Crippen molar-refractivity contribution in [1.82, 2.24) is 5.32 Å². The lowest BCUT2D eigenvalue weighted by Crippen LogP contribution is -2.40. The molecule has 0 aliphatic carbocycles. The molecule has 23 heavy (non-hydrogen) atoms. The van der Waals surface area contributed by atoms with Gasteiger partial charge in [-0.25, -0.2) is 0 Å². The zero-order valence-corrected chi connectivity index (χ0v) is 13.9. The van der Waals surface area contributed by atoms with E-state index in [0.717, 1.165) is 12.8 Å². The van der Waals surface area contributed by atoms with Gasteiger partial charge in [0, 0.05) is 6.04 Å². The first kappa shape index (κ1) is 17.2. The number of benzene rings is 2. The second-order valence-corrected chi connectivity index (χ2v) is 5.63. The molecule has 1 unspecified atom stereocenters. The number of hydrogen-bond acceptors (Lipinski definition) is 3. The van der Waals surface area contributed by atoms with Crippen molar-refractivity contribution < 1.29 is 9.53 Å². The van der Waals surface area contributed by atoms with Crippen LogP contribution in [0.25, 0.3) is 0 Å². The number of carbonyl (C=O) groups is 1. The Bertz CT molecular complexity index is 583. The van der Waals surface area contributed by atoms with Gasteiger partial charge in [0.1, 0.15) is 6.04 Å². The van der Waals surface area contributed by atoms with E-state index in [-0.39, 0.29) is 18.1 Å². The fourth-order valence-electron chi connectivity index (χ4n) is 2.61. The van der Waals surface area contributed by atoms with Gasteiger partial charge < -0.3 is 4.74 Å². The quantitative estimate of drug-likeness (QED) is 0.751. The van der Waals surface area contributed by atoms with Crippen molar-refractivity contribution in [2.24, 2.45) is 0 Å². The lowest BCUT2D eigenvalue weighted by Gasteiger charge is -2.22. The van der Waals surface area contributed by atoms with E-state index in [0.29, 0.717) is 6.61 Å². The van der Waals surface area contributed by atoms with Crippen LogP contribution in [0.3, 0.4) is 0 Å². The number of rotatable bonds is 8. The number of aryl methyl sites for hydroxylation is 1. The largest absolute Gasteiger partial charge is 0.465 e. The average Bonchev–Trinajstić information content (AvgIpc) is 2.60. The van der Waals surface area contributed by atoms with E-state index in [9.17, 15) is 4.79 Å². The SMILES string of the molecule is CCOC(=O)C(CCc1ccccc1)N[C@@H](C)c1ccccc1. The van der Waals surface area contributed by atoms with Crippen LogP contribution < -0.4 is 5.32 Å². The summed E-state index contributed by atoms with van der Waals surface area (Å²) >= 11 is 0. The van der Waals surface area contributed by atoms with E-state index in [2.05, 4.69) is 36.5 Å². The molecule has 0 aliphatic rings. The minimum Gasteiger partial charge on any atom is -0.465 e. The van der Waals surface area contributed by atoms with Gasteiger partial charge in [-0.15, -0.1) is 0 Å². The Morgan fingerprint density at radius 3 is 2.26 bits per heavy atom. The molecular weight excluding hydrogens is 286 g/mol. The second-order valence-electron chi connectivity index (χ2n) is 5.63. The summed E-state index contributed by atoms with van der Waals surface area (Å²) in [7, 11) is 0. The molecule has 0 amide bonds. The molecule has 0 saturated carbocycles. The monoisotopic (exact) mass is 311 g/mol. The fraction of sp³-hybridized carbons (Fsp3) is 0.350. The molecule has 2 rings (SSSR count). The maximum absolute atomic E-state index is 12.2. The van der Waals surface area contributed by atoms with Crippen LogP contribution in [0, 0.1) is 0 Å². The zero-order valence-electron chi connectivity index (χ0n) is 13.9. The number of carbonyl (C=O) groups excluding carboxylic acids is 1. The highest BCUT2D eigenvalue weighted by atomic mass is 16.5. The maximum atomic E-state index is 12.2. The van der Waals surface area contributed by atoms with Gasteiger partial charge in [0.2, 0.25) is 0 Å². The van der Waals surface area contributed by atoms with Crippen LogP contribution in [-0.4, -0.2) is 18.6 Å². The van der Waals surface area contributed by atoms with E-state index in [1.165, 1.54) is 11.1 Å². The topological polar surface area (TPSA) is 38.3 Å². The van der Waals surface area contributed by atoms with E-state index < -0.39 is 0 Å². The Balaban J connectivity index is 2.00. The van der Waals surface area contributed by atoms with Gasteiger partial charge in [-0.3, -0.25) is 10.1 Å². The molecule has 3 nitrogen and oxygen atoms in total. The first-order chi connectivity index (χ1) is 11.2. The van der Waals surface area contributed by atoms with Crippen LogP contribution in [0.4, 0.5) is 0 Å². The van der Waals surface area contributed by atoms with Crippen molar-refractivity contribution in [2.75, 3.05) is 6.61 Å². The molecule has 2 aromatic rings. The van der Waals surface area contributed by atoms with Crippen molar-refractivity contribution >= 4 is 5.97 Å². The first-order valence-corrected chi connectivity index (χ1v) is 8.22. The predicted molar refractivity (Wildman–Crippen MR) is 93.2 cm³/mol.